The maximum Gasteiger partial charge on any atom is 0.128 e. The van der Waals surface area contributed by atoms with Crippen LogP contribution in [-0.4, -0.2) is 50.2 Å². The molecule has 146 valence electrons. The van der Waals surface area contributed by atoms with Crippen molar-refractivity contribution in [2.75, 3.05) is 41.3 Å². The van der Waals surface area contributed by atoms with Gasteiger partial charge in [-0.1, -0.05) is 73.3 Å². The van der Waals surface area contributed by atoms with Gasteiger partial charge in [-0.15, -0.1) is 0 Å². The van der Waals surface area contributed by atoms with Crippen molar-refractivity contribution < 1.29 is 8.97 Å². The van der Waals surface area contributed by atoms with Gasteiger partial charge < -0.3 is 8.97 Å². The summed E-state index contributed by atoms with van der Waals surface area (Å²) in [6.45, 7) is 8.23. The number of rotatable bonds is 8. The van der Waals surface area contributed by atoms with E-state index in [-0.39, 0.29) is 0 Å². The Bertz CT molecular complexity index is 936. The van der Waals surface area contributed by atoms with E-state index in [0.717, 1.165) is 35.1 Å². The monoisotopic (exact) mass is 374 g/mol. The third kappa shape index (κ3) is 5.54. The number of fused-ring (bicyclic) bond motifs is 1. The quantitative estimate of drug-likeness (QED) is 0.467. The maximum absolute atomic E-state index is 3.84. The zero-order chi connectivity index (χ0) is 20.2. The second-order valence-electron chi connectivity index (χ2n) is 9.26. The Labute approximate surface area is 170 Å². The zero-order valence-corrected chi connectivity index (χ0v) is 17.9. The molecule has 0 N–H and O–H groups in total. The molecule has 0 unspecified atom stereocenters. The van der Waals surface area contributed by atoms with E-state index in [2.05, 4.69) is 101 Å². The minimum atomic E-state index is 0.993. The standard InChI is InChI=1S/C26H34N2/c1-6-22-11-13-23(14-12-22)20-27(2,3)17-18-28(4,5)21-24-15-16-25-9-7-8-10-26(25)19-24/h6-16,19H,1,17-18,20-21H2,2-5H3/q+2. The Kier molecular flexibility index (Phi) is 6.02. The van der Waals surface area contributed by atoms with Gasteiger partial charge in [0.25, 0.3) is 0 Å². The minimum absolute atomic E-state index is 0.993. The van der Waals surface area contributed by atoms with Crippen LogP contribution in [0.1, 0.15) is 16.7 Å². The molecule has 0 amide bonds. The molecule has 0 fully saturated rings. The molecule has 0 saturated heterocycles. The van der Waals surface area contributed by atoms with Crippen LogP contribution >= 0.6 is 0 Å². The molecule has 0 aromatic heterocycles. The summed E-state index contributed by atoms with van der Waals surface area (Å²) in [6, 6.07) is 24.2. The van der Waals surface area contributed by atoms with Crippen LogP contribution in [0.15, 0.2) is 73.3 Å². The SMILES string of the molecule is C=Cc1ccc(C[N+](C)(C)CC[N+](C)(C)Cc2ccc3ccccc3c2)cc1. The lowest BCUT2D eigenvalue weighted by Crippen LogP contribution is -2.49. The summed E-state index contributed by atoms with van der Waals surface area (Å²) in [7, 11) is 9.34. The third-order valence-electron chi connectivity index (χ3n) is 5.56. The molecule has 3 rings (SSSR count). The first-order valence-corrected chi connectivity index (χ1v) is 10.1. The number of hydrogen-bond donors (Lipinski definition) is 0. The molecule has 0 aliphatic rings. The van der Waals surface area contributed by atoms with Gasteiger partial charge in [0.15, 0.2) is 0 Å². The third-order valence-corrected chi connectivity index (χ3v) is 5.56. The Hall–Kier alpha value is -2.42. The molecule has 2 heteroatoms. The van der Waals surface area contributed by atoms with Crippen LogP contribution in [0.5, 0.6) is 0 Å². The van der Waals surface area contributed by atoms with E-state index in [1.807, 2.05) is 6.08 Å². The lowest BCUT2D eigenvalue weighted by molar-refractivity contribution is -0.958. The normalized spacial score (nSPS) is 12.3. The molecule has 28 heavy (non-hydrogen) atoms. The van der Waals surface area contributed by atoms with Crippen LogP contribution in [0.3, 0.4) is 0 Å². The molecule has 0 bridgehead atoms. The highest BCUT2D eigenvalue weighted by molar-refractivity contribution is 5.82. The molecular weight excluding hydrogens is 340 g/mol. The van der Waals surface area contributed by atoms with Gasteiger partial charge in [0.1, 0.15) is 26.2 Å². The van der Waals surface area contributed by atoms with Gasteiger partial charge in [-0.05, 0) is 22.4 Å². The van der Waals surface area contributed by atoms with Crippen LogP contribution in [0.25, 0.3) is 16.8 Å². The fourth-order valence-corrected chi connectivity index (χ4v) is 3.78. The Balaban J connectivity index is 1.60. The fourth-order valence-electron chi connectivity index (χ4n) is 3.78. The van der Waals surface area contributed by atoms with Crippen LogP contribution < -0.4 is 0 Å². The van der Waals surface area contributed by atoms with E-state index < -0.39 is 0 Å². The molecule has 0 radical (unpaired) electrons. The van der Waals surface area contributed by atoms with Crippen molar-refractivity contribution in [2.45, 2.75) is 13.1 Å². The van der Waals surface area contributed by atoms with Crippen LogP contribution in [-0.2, 0) is 13.1 Å². The van der Waals surface area contributed by atoms with Crippen LogP contribution in [0.2, 0.25) is 0 Å². The molecular formula is C26H34N2+2. The summed E-state index contributed by atoms with van der Waals surface area (Å²) in [5.74, 6) is 0. The summed E-state index contributed by atoms with van der Waals surface area (Å²) in [5.41, 5.74) is 3.98. The minimum Gasteiger partial charge on any atom is -0.320 e. The van der Waals surface area contributed by atoms with Crippen LogP contribution in [0, 0.1) is 0 Å². The van der Waals surface area contributed by atoms with Gasteiger partial charge in [0.2, 0.25) is 0 Å². The predicted octanol–water partition coefficient (Wildman–Crippen LogP) is 5.34. The maximum atomic E-state index is 3.84. The average Bonchev–Trinajstić information content (AvgIpc) is 2.67. The van der Waals surface area contributed by atoms with Crippen molar-refractivity contribution in [3.63, 3.8) is 0 Å². The molecule has 0 heterocycles. The number of benzene rings is 3. The molecule has 3 aromatic carbocycles. The van der Waals surface area contributed by atoms with Gasteiger partial charge in [-0.3, -0.25) is 0 Å². The van der Waals surface area contributed by atoms with Crippen LogP contribution in [0.4, 0.5) is 0 Å². The molecule has 0 saturated carbocycles. The topological polar surface area (TPSA) is 0 Å². The first-order valence-electron chi connectivity index (χ1n) is 10.1. The summed E-state index contributed by atoms with van der Waals surface area (Å²) >= 11 is 0. The largest absolute Gasteiger partial charge is 0.320 e. The molecule has 0 aliphatic carbocycles. The lowest BCUT2D eigenvalue weighted by atomic mass is 10.1. The zero-order valence-electron chi connectivity index (χ0n) is 17.9. The second-order valence-corrected chi connectivity index (χ2v) is 9.26. The van der Waals surface area contributed by atoms with E-state index in [0.29, 0.717) is 0 Å². The van der Waals surface area contributed by atoms with E-state index in [1.54, 1.807) is 0 Å². The van der Waals surface area contributed by atoms with E-state index in [1.165, 1.54) is 27.5 Å². The van der Waals surface area contributed by atoms with Gasteiger partial charge in [0, 0.05) is 11.1 Å². The van der Waals surface area contributed by atoms with Gasteiger partial charge in [0.05, 0.1) is 28.2 Å². The highest BCUT2D eigenvalue weighted by Crippen LogP contribution is 2.19. The number of quaternary nitrogens is 2. The highest BCUT2D eigenvalue weighted by Gasteiger charge is 2.23. The average molecular weight is 375 g/mol. The van der Waals surface area contributed by atoms with Crippen molar-refractivity contribution in [3.8, 4) is 0 Å². The summed E-state index contributed by atoms with van der Waals surface area (Å²) < 4.78 is 1.99. The molecule has 0 aliphatic heterocycles. The van der Waals surface area contributed by atoms with Gasteiger partial charge >= 0.3 is 0 Å². The van der Waals surface area contributed by atoms with E-state index >= 15 is 0 Å². The van der Waals surface area contributed by atoms with E-state index in [9.17, 15) is 0 Å². The first kappa shape index (κ1) is 20.3. The summed E-state index contributed by atoms with van der Waals surface area (Å²) in [5, 5.41) is 2.65. The highest BCUT2D eigenvalue weighted by atomic mass is 15.4. The smallest absolute Gasteiger partial charge is 0.128 e. The molecule has 0 spiro atoms. The molecule has 2 nitrogen and oxygen atoms in total. The summed E-state index contributed by atoms with van der Waals surface area (Å²) in [6.07, 6.45) is 1.90. The Morgan fingerprint density at radius 1 is 0.679 bits per heavy atom. The molecule has 0 atom stereocenters. The van der Waals surface area contributed by atoms with Crippen molar-refractivity contribution >= 4 is 16.8 Å². The van der Waals surface area contributed by atoms with Crippen molar-refractivity contribution in [2.24, 2.45) is 0 Å². The fraction of sp³-hybridized carbons (Fsp3) is 0.308. The van der Waals surface area contributed by atoms with Gasteiger partial charge in [-0.2, -0.15) is 0 Å². The van der Waals surface area contributed by atoms with Crippen molar-refractivity contribution in [1.29, 1.82) is 0 Å². The summed E-state index contributed by atoms with van der Waals surface area (Å²) in [4.78, 5) is 0. The second kappa shape index (κ2) is 8.30. The number of likely N-dealkylation sites (N-methyl/N-ethyl adjacent to an activating group) is 2. The van der Waals surface area contributed by atoms with Crippen molar-refractivity contribution in [1.82, 2.24) is 0 Å². The number of hydrogen-bond acceptors (Lipinski definition) is 0. The number of nitrogens with zero attached hydrogens (tertiary/aromatic N) is 2. The van der Waals surface area contributed by atoms with E-state index in [4.69, 9.17) is 0 Å². The lowest BCUT2D eigenvalue weighted by Gasteiger charge is -2.36. The Morgan fingerprint density at radius 2 is 1.21 bits per heavy atom. The first-order chi connectivity index (χ1) is 13.3. The predicted molar refractivity (Wildman–Crippen MR) is 122 cm³/mol. The van der Waals surface area contributed by atoms with Crippen molar-refractivity contribution in [3.05, 3.63) is 90.0 Å². The van der Waals surface area contributed by atoms with Gasteiger partial charge in [-0.25, -0.2) is 0 Å². The molecule has 3 aromatic rings. The Morgan fingerprint density at radius 3 is 1.82 bits per heavy atom.